The van der Waals surface area contributed by atoms with Crippen molar-refractivity contribution in [1.29, 1.82) is 0 Å². The van der Waals surface area contributed by atoms with Crippen LogP contribution in [-0.4, -0.2) is 17.0 Å². The SMILES string of the molecule is C=C1NC(=O)N[C@@H](c2cccc(O)c2)[C@H]1C(=O)Nc1ccc(Cl)cc1. The van der Waals surface area contributed by atoms with Crippen molar-refractivity contribution in [3.8, 4) is 5.75 Å². The number of anilines is 1. The molecule has 1 aliphatic rings. The van der Waals surface area contributed by atoms with Crippen LogP contribution >= 0.6 is 11.6 Å². The predicted octanol–water partition coefficient (Wildman–Crippen LogP) is 3.17. The molecule has 1 saturated heterocycles. The van der Waals surface area contributed by atoms with Crippen LogP contribution in [0.4, 0.5) is 10.5 Å². The Morgan fingerprint density at radius 3 is 2.60 bits per heavy atom. The summed E-state index contributed by atoms with van der Waals surface area (Å²) in [4.78, 5) is 24.6. The molecule has 3 rings (SSSR count). The summed E-state index contributed by atoms with van der Waals surface area (Å²) in [7, 11) is 0. The molecule has 4 N–H and O–H groups in total. The number of hydrogen-bond acceptors (Lipinski definition) is 3. The highest BCUT2D eigenvalue weighted by Gasteiger charge is 2.37. The van der Waals surface area contributed by atoms with E-state index in [9.17, 15) is 14.7 Å². The van der Waals surface area contributed by atoms with Crippen LogP contribution < -0.4 is 16.0 Å². The molecule has 0 unspecified atom stereocenters. The van der Waals surface area contributed by atoms with Gasteiger partial charge in [-0.25, -0.2) is 4.79 Å². The van der Waals surface area contributed by atoms with Gasteiger partial charge in [-0.1, -0.05) is 30.3 Å². The summed E-state index contributed by atoms with van der Waals surface area (Å²) in [5.41, 5.74) is 1.46. The van der Waals surface area contributed by atoms with Gasteiger partial charge in [-0.15, -0.1) is 0 Å². The fourth-order valence-corrected chi connectivity index (χ4v) is 2.87. The summed E-state index contributed by atoms with van der Waals surface area (Å²) in [5, 5.41) is 18.3. The third-order valence-electron chi connectivity index (χ3n) is 3.89. The summed E-state index contributed by atoms with van der Waals surface area (Å²) in [6.07, 6.45) is 0. The van der Waals surface area contributed by atoms with Crippen molar-refractivity contribution in [2.75, 3.05) is 5.32 Å². The first kappa shape index (κ1) is 16.9. The molecule has 0 radical (unpaired) electrons. The second kappa shape index (κ2) is 6.86. The van der Waals surface area contributed by atoms with Crippen molar-refractivity contribution >= 4 is 29.2 Å². The lowest BCUT2D eigenvalue weighted by molar-refractivity contribution is -0.119. The fraction of sp³-hybridized carbons (Fsp3) is 0.111. The molecule has 1 aliphatic heterocycles. The van der Waals surface area contributed by atoms with E-state index >= 15 is 0 Å². The van der Waals surface area contributed by atoms with Gasteiger partial charge in [0.25, 0.3) is 0 Å². The largest absolute Gasteiger partial charge is 0.508 e. The quantitative estimate of drug-likeness (QED) is 0.680. The maximum Gasteiger partial charge on any atom is 0.319 e. The number of halogens is 1. The zero-order chi connectivity index (χ0) is 18.0. The average molecular weight is 358 g/mol. The molecule has 0 aromatic heterocycles. The first-order valence-corrected chi connectivity index (χ1v) is 7.93. The molecule has 2 aromatic carbocycles. The number of aromatic hydroxyl groups is 1. The third kappa shape index (κ3) is 3.75. The molecule has 0 aliphatic carbocycles. The summed E-state index contributed by atoms with van der Waals surface area (Å²) >= 11 is 5.85. The number of benzene rings is 2. The number of carbonyl (C=O) groups is 2. The Kier molecular flexibility index (Phi) is 4.63. The highest BCUT2D eigenvalue weighted by molar-refractivity contribution is 6.30. The second-order valence-corrected chi connectivity index (χ2v) is 6.11. The highest BCUT2D eigenvalue weighted by Crippen LogP contribution is 2.31. The van der Waals surface area contributed by atoms with Crippen LogP contribution in [-0.2, 0) is 4.79 Å². The number of carbonyl (C=O) groups excluding carboxylic acids is 2. The Balaban J connectivity index is 1.89. The fourth-order valence-electron chi connectivity index (χ4n) is 2.74. The molecule has 3 amide bonds. The molecular weight excluding hydrogens is 342 g/mol. The number of nitrogens with one attached hydrogen (secondary N) is 3. The van der Waals surface area contributed by atoms with Crippen molar-refractivity contribution in [2.24, 2.45) is 5.92 Å². The van der Waals surface area contributed by atoms with E-state index in [1.807, 2.05) is 0 Å². The van der Waals surface area contributed by atoms with Crippen LogP contribution in [0.3, 0.4) is 0 Å². The van der Waals surface area contributed by atoms with Crippen molar-refractivity contribution < 1.29 is 14.7 Å². The van der Waals surface area contributed by atoms with Crippen molar-refractivity contribution in [1.82, 2.24) is 10.6 Å². The lowest BCUT2D eigenvalue weighted by Gasteiger charge is -2.33. The summed E-state index contributed by atoms with van der Waals surface area (Å²) in [6.45, 7) is 3.80. The van der Waals surface area contributed by atoms with E-state index in [1.165, 1.54) is 12.1 Å². The van der Waals surface area contributed by atoms with Gasteiger partial charge < -0.3 is 21.1 Å². The molecule has 6 nitrogen and oxygen atoms in total. The Hall–Kier alpha value is -2.99. The summed E-state index contributed by atoms with van der Waals surface area (Å²) in [5.74, 6) is -1.05. The van der Waals surface area contributed by atoms with E-state index in [-0.39, 0.29) is 17.4 Å². The van der Waals surface area contributed by atoms with E-state index < -0.39 is 18.0 Å². The van der Waals surface area contributed by atoms with Gasteiger partial charge in [0.15, 0.2) is 0 Å². The minimum Gasteiger partial charge on any atom is -0.508 e. The third-order valence-corrected chi connectivity index (χ3v) is 4.14. The first-order chi connectivity index (χ1) is 11.9. The predicted molar refractivity (Wildman–Crippen MR) is 95.2 cm³/mol. The van der Waals surface area contributed by atoms with Gasteiger partial charge in [0.05, 0.1) is 6.04 Å². The van der Waals surface area contributed by atoms with Crippen LogP contribution in [0.15, 0.2) is 60.8 Å². The Morgan fingerprint density at radius 1 is 1.20 bits per heavy atom. The molecule has 128 valence electrons. The van der Waals surface area contributed by atoms with Gasteiger partial charge in [-0.05, 0) is 42.0 Å². The first-order valence-electron chi connectivity index (χ1n) is 7.56. The van der Waals surface area contributed by atoms with Crippen molar-refractivity contribution in [3.63, 3.8) is 0 Å². The molecule has 2 aromatic rings. The maximum absolute atomic E-state index is 12.8. The zero-order valence-corrected chi connectivity index (χ0v) is 13.9. The Morgan fingerprint density at radius 2 is 1.92 bits per heavy atom. The van der Waals surface area contributed by atoms with Gasteiger partial charge in [0.1, 0.15) is 11.7 Å². The minimum absolute atomic E-state index is 0.0488. The van der Waals surface area contributed by atoms with E-state index in [0.717, 1.165) is 0 Å². The zero-order valence-electron chi connectivity index (χ0n) is 13.1. The van der Waals surface area contributed by atoms with Gasteiger partial charge in [0, 0.05) is 16.4 Å². The molecule has 1 heterocycles. The van der Waals surface area contributed by atoms with Gasteiger partial charge in [-0.3, -0.25) is 4.79 Å². The van der Waals surface area contributed by atoms with Crippen molar-refractivity contribution in [2.45, 2.75) is 6.04 Å². The number of rotatable bonds is 3. The molecular formula is C18H16ClN3O3. The summed E-state index contributed by atoms with van der Waals surface area (Å²) < 4.78 is 0. The van der Waals surface area contributed by atoms with Crippen molar-refractivity contribution in [3.05, 3.63) is 71.4 Å². The molecule has 25 heavy (non-hydrogen) atoms. The molecule has 0 saturated carbocycles. The van der Waals surface area contributed by atoms with E-state index in [4.69, 9.17) is 11.6 Å². The normalized spacial score (nSPS) is 19.7. The molecule has 0 spiro atoms. The van der Waals surface area contributed by atoms with E-state index in [0.29, 0.717) is 16.3 Å². The van der Waals surface area contributed by atoms with Gasteiger partial charge in [0.2, 0.25) is 5.91 Å². The highest BCUT2D eigenvalue weighted by atomic mass is 35.5. The lowest BCUT2D eigenvalue weighted by Crippen LogP contribution is -2.51. The Bertz CT molecular complexity index is 836. The molecule has 2 atom stereocenters. The lowest BCUT2D eigenvalue weighted by atomic mass is 9.88. The number of amides is 3. The standard InChI is InChI=1S/C18H16ClN3O3/c1-10-15(17(24)21-13-7-5-12(19)6-8-13)16(22-18(25)20-10)11-3-2-4-14(23)9-11/h2-9,15-16,23H,1H2,(H,21,24)(H2,20,22,25)/t15-,16-/m0/s1. The smallest absolute Gasteiger partial charge is 0.319 e. The van der Waals surface area contributed by atoms with Gasteiger partial charge >= 0.3 is 6.03 Å². The van der Waals surface area contributed by atoms with E-state index in [1.54, 1.807) is 36.4 Å². The molecule has 7 heteroatoms. The topological polar surface area (TPSA) is 90.5 Å². The van der Waals surface area contributed by atoms with Crippen LogP contribution in [0.2, 0.25) is 5.02 Å². The number of hydrogen-bond donors (Lipinski definition) is 4. The van der Waals surface area contributed by atoms with Crippen LogP contribution in [0, 0.1) is 5.92 Å². The molecule has 1 fully saturated rings. The van der Waals surface area contributed by atoms with Crippen LogP contribution in [0.1, 0.15) is 11.6 Å². The number of phenols is 1. The Labute approximate surface area is 149 Å². The average Bonchev–Trinajstić information content (AvgIpc) is 2.56. The summed E-state index contributed by atoms with van der Waals surface area (Å²) in [6, 6.07) is 12.0. The van der Waals surface area contributed by atoms with Gasteiger partial charge in [-0.2, -0.15) is 0 Å². The minimum atomic E-state index is -0.754. The number of phenolic OH excluding ortho intramolecular Hbond substituents is 1. The van der Waals surface area contributed by atoms with Crippen LogP contribution in [0.5, 0.6) is 5.75 Å². The van der Waals surface area contributed by atoms with Crippen LogP contribution in [0.25, 0.3) is 0 Å². The number of urea groups is 1. The maximum atomic E-state index is 12.8. The molecule has 0 bridgehead atoms. The second-order valence-electron chi connectivity index (χ2n) is 5.67. The monoisotopic (exact) mass is 357 g/mol. The van der Waals surface area contributed by atoms with E-state index in [2.05, 4.69) is 22.5 Å².